The Hall–Kier alpha value is -1.75. The van der Waals surface area contributed by atoms with Gasteiger partial charge in [0.1, 0.15) is 0 Å². The number of rotatable bonds is 3. The quantitative estimate of drug-likeness (QED) is 0.885. The maximum atomic E-state index is 11.9. The molecule has 1 aromatic rings. The zero-order valence-electron chi connectivity index (χ0n) is 12.2. The van der Waals surface area contributed by atoms with Crippen LogP contribution in [0.2, 0.25) is 0 Å². The third-order valence-corrected chi connectivity index (χ3v) is 3.63. The lowest BCUT2D eigenvalue weighted by atomic mass is 10.0. The highest BCUT2D eigenvalue weighted by Gasteiger charge is 2.23. The summed E-state index contributed by atoms with van der Waals surface area (Å²) in [5.74, 6) is 0. The molecule has 1 aliphatic heterocycles. The Morgan fingerprint density at radius 3 is 2.70 bits per heavy atom. The molecular weight excluding hydrogens is 254 g/mol. The number of carbonyl (C=O) groups is 1. The summed E-state index contributed by atoms with van der Waals surface area (Å²) >= 11 is 0. The zero-order valence-corrected chi connectivity index (χ0v) is 12.2. The molecule has 5 nitrogen and oxygen atoms in total. The van der Waals surface area contributed by atoms with Crippen LogP contribution in [-0.2, 0) is 6.61 Å². The number of likely N-dealkylation sites (tertiary alicyclic amines) is 1. The monoisotopic (exact) mass is 277 g/mol. The summed E-state index contributed by atoms with van der Waals surface area (Å²) in [6.45, 7) is 1.63. The van der Waals surface area contributed by atoms with E-state index in [-0.39, 0.29) is 12.6 Å². The van der Waals surface area contributed by atoms with Gasteiger partial charge in [0.05, 0.1) is 6.61 Å². The van der Waals surface area contributed by atoms with Crippen molar-refractivity contribution in [1.29, 1.82) is 0 Å². The molecular formula is C15H23N3O2. The Balaban J connectivity index is 1.86. The Morgan fingerprint density at radius 1 is 1.40 bits per heavy atom. The normalized spacial score (nSPS) is 16.1. The third kappa shape index (κ3) is 3.63. The molecule has 0 atom stereocenters. The van der Waals surface area contributed by atoms with Crippen LogP contribution in [0.15, 0.2) is 24.3 Å². The standard InChI is InChI=1S/C15H23N3O2/c1-17(2)15(20)18-8-6-13(7-9-18)16-14-5-3-4-12(10-14)11-19/h3-5,10,13,16,19H,6-9,11H2,1-2H3. The summed E-state index contributed by atoms with van der Waals surface area (Å²) < 4.78 is 0. The third-order valence-electron chi connectivity index (χ3n) is 3.63. The van der Waals surface area contributed by atoms with Crippen molar-refractivity contribution in [3.8, 4) is 0 Å². The predicted octanol–water partition coefficient (Wildman–Crippen LogP) is 1.74. The van der Waals surface area contributed by atoms with Gasteiger partial charge in [-0.2, -0.15) is 0 Å². The molecule has 0 aliphatic carbocycles. The topological polar surface area (TPSA) is 55.8 Å². The molecule has 1 saturated heterocycles. The number of nitrogens with zero attached hydrogens (tertiary/aromatic N) is 2. The fraction of sp³-hybridized carbons (Fsp3) is 0.533. The van der Waals surface area contributed by atoms with Crippen molar-refractivity contribution in [3.63, 3.8) is 0 Å². The van der Waals surface area contributed by atoms with Crippen LogP contribution in [0.3, 0.4) is 0 Å². The van der Waals surface area contributed by atoms with Gasteiger partial charge in [-0.25, -0.2) is 4.79 Å². The fourth-order valence-corrected chi connectivity index (χ4v) is 2.49. The van der Waals surface area contributed by atoms with E-state index < -0.39 is 0 Å². The van der Waals surface area contributed by atoms with Gasteiger partial charge in [-0.15, -0.1) is 0 Å². The van der Waals surface area contributed by atoms with Crippen LogP contribution in [0, 0.1) is 0 Å². The number of aliphatic hydroxyl groups excluding tert-OH is 1. The highest BCUT2D eigenvalue weighted by Crippen LogP contribution is 2.18. The van der Waals surface area contributed by atoms with Crippen LogP contribution < -0.4 is 5.32 Å². The number of amides is 2. The van der Waals surface area contributed by atoms with Gasteiger partial charge in [0.15, 0.2) is 0 Å². The zero-order chi connectivity index (χ0) is 14.5. The van der Waals surface area contributed by atoms with E-state index in [1.165, 1.54) is 0 Å². The van der Waals surface area contributed by atoms with Crippen LogP contribution in [-0.4, -0.2) is 54.2 Å². The molecule has 0 aromatic heterocycles. The molecule has 2 amide bonds. The molecule has 0 saturated carbocycles. The number of benzene rings is 1. The van der Waals surface area contributed by atoms with E-state index in [0.29, 0.717) is 6.04 Å². The SMILES string of the molecule is CN(C)C(=O)N1CCC(Nc2cccc(CO)c2)CC1. The van der Waals surface area contributed by atoms with Crippen molar-refractivity contribution in [2.75, 3.05) is 32.5 Å². The molecule has 1 aromatic carbocycles. The largest absolute Gasteiger partial charge is 0.392 e. The summed E-state index contributed by atoms with van der Waals surface area (Å²) in [7, 11) is 3.57. The maximum absolute atomic E-state index is 11.9. The number of urea groups is 1. The van der Waals surface area contributed by atoms with Crippen LogP contribution in [0.4, 0.5) is 10.5 Å². The van der Waals surface area contributed by atoms with Crippen molar-refractivity contribution in [3.05, 3.63) is 29.8 Å². The van der Waals surface area contributed by atoms with Gasteiger partial charge in [-0.3, -0.25) is 0 Å². The first kappa shape index (κ1) is 14.7. The second kappa shape index (κ2) is 6.61. The Morgan fingerprint density at radius 2 is 2.10 bits per heavy atom. The van der Waals surface area contributed by atoms with Crippen molar-refractivity contribution < 1.29 is 9.90 Å². The number of carbonyl (C=O) groups excluding carboxylic acids is 1. The van der Waals surface area contributed by atoms with E-state index in [4.69, 9.17) is 5.11 Å². The maximum Gasteiger partial charge on any atom is 0.319 e. The molecule has 110 valence electrons. The molecule has 1 heterocycles. The van der Waals surface area contributed by atoms with Crippen LogP contribution >= 0.6 is 0 Å². The van der Waals surface area contributed by atoms with Gasteiger partial charge >= 0.3 is 6.03 Å². The van der Waals surface area contributed by atoms with Gasteiger partial charge in [0, 0.05) is 38.9 Å². The van der Waals surface area contributed by atoms with Gasteiger partial charge in [0.25, 0.3) is 0 Å². The average molecular weight is 277 g/mol. The minimum absolute atomic E-state index is 0.0608. The first-order valence-electron chi connectivity index (χ1n) is 7.02. The van der Waals surface area contributed by atoms with Crippen LogP contribution in [0.1, 0.15) is 18.4 Å². The van der Waals surface area contributed by atoms with Gasteiger partial charge in [0.2, 0.25) is 0 Å². The molecule has 0 spiro atoms. The molecule has 5 heteroatoms. The van der Waals surface area contributed by atoms with Crippen molar-refractivity contribution in [2.24, 2.45) is 0 Å². The highest BCUT2D eigenvalue weighted by atomic mass is 16.3. The molecule has 1 aliphatic rings. The molecule has 0 radical (unpaired) electrons. The second-order valence-corrected chi connectivity index (χ2v) is 5.44. The Labute approximate surface area is 120 Å². The Kier molecular flexibility index (Phi) is 4.84. The van der Waals surface area contributed by atoms with Crippen molar-refractivity contribution >= 4 is 11.7 Å². The number of hydrogen-bond donors (Lipinski definition) is 2. The lowest BCUT2D eigenvalue weighted by Crippen LogP contribution is -2.46. The van der Waals surface area contributed by atoms with E-state index in [0.717, 1.165) is 37.2 Å². The predicted molar refractivity (Wildman–Crippen MR) is 79.7 cm³/mol. The fourth-order valence-electron chi connectivity index (χ4n) is 2.49. The number of anilines is 1. The Bertz CT molecular complexity index is 454. The minimum Gasteiger partial charge on any atom is -0.392 e. The summed E-state index contributed by atoms with van der Waals surface area (Å²) in [6.07, 6.45) is 1.89. The number of hydrogen-bond acceptors (Lipinski definition) is 3. The van der Waals surface area contributed by atoms with E-state index in [9.17, 15) is 4.79 Å². The molecule has 2 rings (SSSR count). The van der Waals surface area contributed by atoms with E-state index in [2.05, 4.69) is 5.32 Å². The lowest BCUT2D eigenvalue weighted by molar-refractivity contribution is 0.158. The highest BCUT2D eigenvalue weighted by molar-refractivity contribution is 5.73. The summed E-state index contributed by atoms with van der Waals surface area (Å²) in [5.41, 5.74) is 1.95. The molecule has 20 heavy (non-hydrogen) atoms. The van der Waals surface area contributed by atoms with Crippen molar-refractivity contribution in [1.82, 2.24) is 9.80 Å². The summed E-state index contributed by atoms with van der Waals surface area (Å²) in [6, 6.07) is 8.30. The molecule has 0 bridgehead atoms. The second-order valence-electron chi connectivity index (χ2n) is 5.44. The van der Waals surface area contributed by atoms with E-state index in [1.807, 2.05) is 29.2 Å². The summed E-state index contributed by atoms with van der Waals surface area (Å²) in [5, 5.41) is 12.6. The number of piperidine rings is 1. The first-order valence-corrected chi connectivity index (χ1v) is 7.02. The average Bonchev–Trinajstić information content (AvgIpc) is 2.47. The van der Waals surface area contributed by atoms with Gasteiger partial charge in [-0.1, -0.05) is 12.1 Å². The van der Waals surface area contributed by atoms with E-state index >= 15 is 0 Å². The van der Waals surface area contributed by atoms with E-state index in [1.54, 1.807) is 19.0 Å². The molecule has 2 N–H and O–H groups in total. The number of nitrogens with one attached hydrogen (secondary N) is 1. The minimum atomic E-state index is 0.0608. The van der Waals surface area contributed by atoms with Crippen molar-refractivity contribution in [2.45, 2.75) is 25.5 Å². The van der Waals surface area contributed by atoms with Crippen LogP contribution in [0.5, 0.6) is 0 Å². The number of aliphatic hydroxyl groups is 1. The van der Waals surface area contributed by atoms with Gasteiger partial charge in [-0.05, 0) is 30.5 Å². The summed E-state index contributed by atoms with van der Waals surface area (Å²) in [4.78, 5) is 15.4. The first-order chi connectivity index (χ1) is 9.60. The van der Waals surface area contributed by atoms with Crippen LogP contribution in [0.25, 0.3) is 0 Å². The van der Waals surface area contributed by atoms with Gasteiger partial charge < -0.3 is 20.2 Å². The molecule has 0 unspecified atom stereocenters. The molecule has 1 fully saturated rings. The lowest BCUT2D eigenvalue weighted by Gasteiger charge is -2.34. The smallest absolute Gasteiger partial charge is 0.319 e.